The molecule has 4 rings (SSSR count). The Kier molecular flexibility index (Phi) is 5.65. The fourth-order valence-electron chi connectivity index (χ4n) is 3.72. The van der Waals surface area contributed by atoms with Crippen LogP contribution in [0.1, 0.15) is 52.5 Å². The number of hydrogen-bond donors (Lipinski definition) is 0. The molecule has 0 saturated carbocycles. The molecular weight excluding hydrogens is 404 g/mol. The van der Waals surface area contributed by atoms with Gasteiger partial charge in [-0.3, -0.25) is 4.79 Å². The minimum atomic E-state index is -0.396. The van der Waals surface area contributed by atoms with Crippen LogP contribution < -0.4 is 5.56 Å². The van der Waals surface area contributed by atoms with Crippen molar-refractivity contribution in [2.75, 3.05) is 7.11 Å². The molecule has 2 aromatic heterocycles. The lowest BCUT2D eigenvalue weighted by Gasteiger charge is -2.13. The third-order valence-corrected chi connectivity index (χ3v) is 5.70. The smallest absolute Gasteiger partial charge is 0.337 e. The van der Waals surface area contributed by atoms with Crippen LogP contribution in [-0.2, 0) is 11.3 Å². The number of methoxy groups -OCH3 is 1. The average molecular weight is 431 g/mol. The first-order valence-electron chi connectivity index (χ1n) is 10.5. The summed E-state index contributed by atoms with van der Waals surface area (Å²) in [6.45, 7) is 8.49. The van der Waals surface area contributed by atoms with Gasteiger partial charge in [0.05, 0.1) is 36.8 Å². The van der Waals surface area contributed by atoms with Gasteiger partial charge in [0, 0.05) is 5.39 Å². The molecule has 4 aromatic rings. The highest BCUT2D eigenvalue weighted by atomic mass is 16.5. The van der Waals surface area contributed by atoms with Gasteiger partial charge in [-0.25, -0.2) is 14.2 Å². The van der Waals surface area contributed by atoms with E-state index in [1.54, 1.807) is 35.1 Å². The minimum absolute atomic E-state index is 0.114. The first-order valence-corrected chi connectivity index (χ1v) is 10.5. The molecule has 7 heteroatoms. The molecule has 0 atom stereocenters. The molecule has 32 heavy (non-hydrogen) atoms. The quantitative estimate of drug-likeness (QED) is 0.444. The van der Waals surface area contributed by atoms with Crippen molar-refractivity contribution in [1.82, 2.24) is 19.6 Å². The highest BCUT2D eigenvalue weighted by Gasteiger charge is 2.19. The maximum atomic E-state index is 13.5. The van der Waals surface area contributed by atoms with Gasteiger partial charge in [-0.2, -0.15) is 10.2 Å². The van der Waals surface area contributed by atoms with E-state index in [1.165, 1.54) is 17.4 Å². The molecule has 0 spiro atoms. The Morgan fingerprint density at radius 2 is 1.78 bits per heavy atom. The monoisotopic (exact) mass is 430 g/mol. The van der Waals surface area contributed by atoms with E-state index < -0.39 is 5.97 Å². The number of nitrogens with zero attached hydrogens (tertiary/aromatic N) is 4. The summed E-state index contributed by atoms with van der Waals surface area (Å²) in [5.41, 5.74) is 5.60. The molecule has 0 amide bonds. The standard InChI is InChI=1S/C25H26N4O3/c1-15(2)22-21-13-26-29(20-11-6-16(3)17(4)12-20)23(21)24(30)28(27-22)14-18-7-9-19(10-8-18)25(31)32-5/h6-13,15H,14H2,1-5H3. The van der Waals surface area contributed by atoms with Crippen LogP contribution in [0.4, 0.5) is 0 Å². The number of carbonyl (C=O) groups excluding carboxylic acids is 1. The molecule has 0 saturated heterocycles. The molecule has 164 valence electrons. The van der Waals surface area contributed by atoms with E-state index in [0.29, 0.717) is 11.1 Å². The number of rotatable bonds is 5. The predicted molar refractivity (Wildman–Crippen MR) is 124 cm³/mol. The number of hydrogen-bond acceptors (Lipinski definition) is 5. The topological polar surface area (TPSA) is 79.0 Å². The van der Waals surface area contributed by atoms with Crippen molar-refractivity contribution in [3.05, 3.63) is 87.0 Å². The Morgan fingerprint density at radius 3 is 2.41 bits per heavy atom. The zero-order chi connectivity index (χ0) is 23.0. The van der Waals surface area contributed by atoms with Gasteiger partial charge in [-0.1, -0.05) is 32.0 Å². The molecule has 0 aliphatic rings. The van der Waals surface area contributed by atoms with E-state index in [9.17, 15) is 9.59 Å². The zero-order valence-corrected chi connectivity index (χ0v) is 18.9. The number of benzene rings is 2. The number of aryl methyl sites for hydroxylation is 2. The Labute approximate surface area is 186 Å². The van der Waals surface area contributed by atoms with Crippen molar-refractivity contribution in [2.24, 2.45) is 0 Å². The summed E-state index contributed by atoms with van der Waals surface area (Å²) in [4.78, 5) is 25.2. The van der Waals surface area contributed by atoms with Crippen molar-refractivity contribution < 1.29 is 9.53 Å². The molecule has 2 heterocycles. The number of fused-ring (bicyclic) bond motifs is 1. The third-order valence-electron chi connectivity index (χ3n) is 5.70. The van der Waals surface area contributed by atoms with Crippen molar-refractivity contribution in [3.63, 3.8) is 0 Å². The molecular formula is C25H26N4O3. The molecule has 2 aromatic carbocycles. The molecule has 0 unspecified atom stereocenters. The highest BCUT2D eigenvalue weighted by Crippen LogP contribution is 2.24. The zero-order valence-electron chi connectivity index (χ0n) is 18.9. The van der Waals surface area contributed by atoms with Crippen LogP contribution in [0.15, 0.2) is 53.5 Å². The predicted octanol–water partition coefficient (Wildman–Crippen LogP) is 4.16. The second kappa shape index (κ2) is 8.42. The maximum absolute atomic E-state index is 13.5. The fraction of sp³-hybridized carbons (Fsp3) is 0.280. The van der Waals surface area contributed by atoms with Crippen molar-refractivity contribution in [1.29, 1.82) is 0 Å². The maximum Gasteiger partial charge on any atom is 0.337 e. The van der Waals surface area contributed by atoms with Gasteiger partial charge in [0.1, 0.15) is 5.52 Å². The SMILES string of the molecule is COC(=O)c1ccc(Cn2nc(C(C)C)c3cnn(-c4ccc(C)c(C)c4)c3c2=O)cc1. The van der Waals surface area contributed by atoms with Crippen LogP contribution in [0.3, 0.4) is 0 Å². The summed E-state index contributed by atoms with van der Waals surface area (Å²) in [5, 5.41) is 9.97. The molecule has 0 aliphatic carbocycles. The van der Waals surface area contributed by atoms with E-state index in [1.807, 2.05) is 25.1 Å². The summed E-state index contributed by atoms with van der Waals surface area (Å²) >= 11 is 0. The molecule has 0 bridgehead atoms. The van der Waals surface area contributed by atoms with Crippen LogP contribution in [0.5, 0.6) is 0 Å². The van der Waals surface area contributed by atoms with Gasteiger partial charge < -0.3 is 4.74 Å². The lowest BCUT2D eigenvalue weighted by atomic mass is 10.1. The lowest BCUT2D eigenvalue weighted by Crippen LogP contribution is -2.27. The summed E-state index contributed by atoms with van der Waals surface area (Å²) in [6, 6.07) is 13.0. The normalized spacial score (nSPS) is 11.3. The van der Waals surface area contributed by atoms with Crippen molar-refractivity contribution in [2.45, 2.75) is 40.2 Å². The summed E-state index contributed by atoms with van der Waals surface area (Å²) in [6.07, 6.45) is 1.73. The molecule has 7 nitrogen and oxygen atoms in total. The van der Waals surface area contributed by atoms with Crippen LogP contribution in [-0.4, -0.2) is 32.6 Å². The Morgan fingerprint density at radius 1 is 1.06 bits per heavy atom. The minimum Gasteiger partial charge on any atom is -0.465 e. The van der Waals surface area contributed by atoms with E-state index in [4.69, 9.17) is 4.74 Å². The highest BCUT2D eigenvalue weighted by molar-refractivity contribution is 5.89. The molecule has 0 aliphatic heterocycles. The summed E-state index contributed by atoms with van der Waals surface area (Å²) < 4.78 is 7.93. The largest absolute Gasteiger partial charge is 0.465 e. The average Bonchev–Trinajstić information content (AvgIpc) is 3.22. The van der Waals surface area contributed by atoms with Gasteiger partial charge in [0.25, 0.3) is 5.56 Å². The van der Waals surface area contributed by atoms with E-state index >= 15 is 0 Å². The first-order chi connectivity index (χ1) is 15.3. The van der Waals surface area contributed by atoms with Gasteiger partial charge in [-0.05, 0) is 60.7 Å². The van der Waals surface area contributed by atoms with Crippen LogP contribution >= 0.6 is 0 Å². The number of ether oxygens (including phenoxy) is 1. The number of aromatic nitrogens is 4. The summed E-state index contributed by atoms with van der Waals surface area (Å²) in [5.74, 6) is -0.281. The number of carbonyl (C=O) groups is 1. The molecule has 0 radical (unpaired) electrons. The lowest BCUT2D eigenvalue weighted by molar-refractivity contribution is 0.0600. The van der Waals surface area contributed by atoms with Crippen molar-refractivity contribution >= 4 is 16.9 Å². The Hall–Kier alpha value is -3.74. The second-order valence-electron chi connectivity index (χ2n) is 8.28. The Bertz CT molecular complexity index is 1360. The van der Waals surface area contributed by atoms with Gasteiger partial charge in [-0.15, -0.1) is 0 Å². The van der Waals surface area contributed by atoms with Crippen LogP contribution in [0, 0.1) is 13.8 Å². The van der Waals surface area contributed by atoms with Crippen LogP contribution in [0.25, 0.3) is 16.6 Å². The van der Waals surface area contributed by atoms with E-state index in [0.717, 1.165) is 27.9 Å². The fourth-order valence-corrected chi connectivity index (χ4v) is 3.72. The van der Waals surface area contributed by atoms with Gasteiger partial charge in [0.2, 0.25) is 0 Å². The van der Waals surface area contributed by atoms with E-state index in [2.05, 4.69) is 31.0 Å². The van der Waals surface area contributed by atoms with Gasteiger partial charge >= 0.3 is 5.97 Å². The molecule has 0 fully saturated rings. The Balaban J connectivity index is 1.84. The van der Waals surface area contributed by atoms with E-state index in [-0.39, 0.29) is 18.0 Å². The summed E-state index contributed by atoms with van der Waals surface area (Å²) in [7, 11) is 1.35. The van der Waals surface area contributed by atoms with Crippen LogP contribution in [0.2, 0.25) is 0 Å². The third kappa shape index (κ3) is 3.82. The van der Waals surface area contributed by atoms with Gasteiger partial charge in [0.15, 0.2) is 0 Å². The number of esters is 1. The van der Waals surface area contributed by atoms with Crippen molar-refractivity contribution in [3.8, 4) is 5.69 Å². The molecule has 0 N–H and O–H groups in total. The first kappa shape index (κ1) is 21.5. The second-order valence-corrected chi connectivity index (χ2v) is 8.28.